The van der Waals surface area contributed by atoms with E-state index < -0.39 is 18.0 Å². The normalized spacial score (nSPS) is 23.6. The highest BCUT2D eigenvalue weighted by molar-refractivity contribution is 5.96. The molecule has 0 aliphatic carbocycles. The zero-order valence-corrected chi connectivity index (χ0v) is 12.0. The minimum absolute atomic E-state index is 0.0875. The van der Waals surface area contributed by atoms with Gasteiger partial charge >= 0.3 is 6.03 Å². The second-order valence-electron chi connectivity index (χ2n) is 5.17. The monoisotopic (exact) mass is 271 g/mol. The highest BCUT2D eigenvalue weighted by Gasteiger charge is 2.35. The Hall–Kier alpha value is -1.14. The molecule has 4 N–H and O–H groups in total. The molecule has 0 bridgehead atoms. The number of carbonyl (C=O) groups is 2. The molecule has 0 aromatic carbocycles. The quantitative estimate of drug-likeness (QED) is 0.692. The van der Waals surface area contributed by atoms with E-state index in [0.29, 0.717) is 6.61 Å². The first-order valence-electron chi connectivity index (χ1n) is 6.92. The van der Waals surface area contributed by atoms with E-state index in [0.717, 1.165) is 25.7 Å². The van der Waals surface area contributed by atoms with Gasteiger partial charge in [0, 0.05) is 12.6 Å². The van der Waals surface area contributed by atoms with Gasteiger partial charge in [-0.05, 0) is 32.6 Å². The second kappa shape index (κ2) is 6.86. The molecule has 1 aliphatic heterocycles. The minimum Gasteiger partial charge on any atom is -0.375 e. The number of rotatable bonds is 5. The molecule has 2 atom stereocenters. The summed E-state index contributed by atoms with van der Waals surface area (Å²) in [5, 5.41) is 5.33. The first-order chi connectivity index (χ1) is 8.92. The predicted molar refractivity (Wildman–Crippen MR) is 72.6 cm³/mol. The van der Waals surface area contributed by atoms with E-state index >= 15 is 0 Å². The smallest absolute Gasteiger partial charge is 0.318 e. The van der Waals surface area contributed by atoms with Crippen molar-refractivity contribution < 1.29 is 14.3 Å². The molecule has 110 valence electrons. The number of urea groups is 1. The first-order valence-corrected chi connectivity index (χ1v) is 6.92. The molecule has 1 rings (SSSR count). The Morgan fingerprint density at radius 3 is 2.58 bits per heavy atom. The number of imide groups is 1. The molecule has 0 spiro atoms. The lowest BCUT2D eigenvalue weighted by Gasteiger charge is -2.41. The molecular weight excluding hydrogens is 246 g/mol. The largest absolute Gasteiger partial charge is 0.375 e. The van der Waals surface area contributed by atoms with Gasteiger partial charge in [-0.25, -0.2) is 4.79 Å². The molecule has 1 saturated heterocycles. The summed E-state index contributed by atoms with van der Waals surface area (Å²) in [5.74, 6) is -0.391. The summed E-state index contributed by atoms with van der Waals surface area (Å²) in [7, 11) is 0. The molecule has 0 aromatic rings. The number of hydrogen-bond acceptors (Lipinski definition) is 4. The zero-order valence-electron chi connectivity index (χ0n) is 12.0. The van der Waals surface area contributed by atoms with Gasteiger partial charge in [-0.1, -0.05) is 13.8 Å². The average molecular weight is 271 g/mol. The molecule has 1 aliphatic rings. The number of amides is 3. The summed E-state index contributed by atoms with van der Waals surface area (Å²) in [6.45, 7) is 6.67. The van der Waals surface area contributed by atoms with Crippen LogP contribution in [0, 0.1) is 0 Å². The maximum absolute atomic E-state index is 11.6. The summed E-state index contributed by atoms with van der Waals surface area (Å²) in [4.78, 5) is 22.3. The number of primary amides is 1. The van der Waals surface area contributed by atoms with Crippen LogP contribution in [-0.2, 0) is 9.53 Å². The third kappa shape index (κ3) is 4.47. The van der Waals surface area contributed by atoms with Crippen LogP contribution in [0.4, 0.5) is 4.79 Å². The van der Waals surface area contributed by atoms with Crippen molar-refractivity contribution in [2.75, 3.05) is 6.61 Å². The van der Waals surface area contributed by atoms with Crippen LogP contribution in [0.25, 0.3) is 0 Å². The van der Waals surface area contributed by atoms with E-state index in [1.54, 1.807) is 6.92 Å². The molecule has 1 heterocycles. The number of hydrogen-bond donors (Lipinski definition) is 3. The van der Waals surface area contributed by atoms with Crippen LogP contribution in [0.15, 0.2) is 0 Å². The van der Waals surface area contributed by atoms with Crippen molar-refractivity contribution in [1.82, 2.24) is 10.6 Å². The lowest BCUT2D eigenvalue weighted by molar-refractivity contribution is -0.123. The molecule has 6 heteroatoms. The summed E-state index contributed by atoms with van der Waals surface area (Å²) < 4.78 is 5.89. The van der Waals surface area contributed by atoms with Crippen LogP contribution in [0.1, 0.15) is 46.5 Å². The van der Waals surface area contributed by atoms with Crippen LogP contribution in [0.2, 0.25) is 0 Å². The Morgan fingerprint density at radius 1 is 1.42 bits per heavy atom. The van der Waals surface area contributed by atoms with E-state index in [9.17, 15) is 9.59 Å². The van der Waals surface area contributed by atoms with E-state index in [1.807, 2.05) is 0 Å². The summed E-state index contributed by atoms with van der Waals surface area (Å²) >= 11 is 0. The van der Waals surface area contributed by atoms with Crippen molar-refractivity contribution in [3.63, 3.8) is 0 Å². The van der Waals surface area contributed by atoms with Crippen molar-refractivity contribution in [2.24, 2.45) is 5.73 Å². The lowest BCUT2D eigenvalue weighted by atomic mass is 9.85. The summed E-state index contributed by atoms with van der Waals surface area (Å²) in [6, 6.07) is -1.04. The van der Waals surface area contributed by atoms with Crippen molar-refractivity contribution in [3.05, 3.63) is 0 Å². The van der Waals surface area contributed by atoms with Gasteiger partial charge in [0.25, 0.3) is 0 Å². The van der Waals surface area contributed by atoms with Gasteiger partial charge in [0.1, 0.15) is 0 Å². The Balaban J connectivity index is 2.52. The maximum atomic E-state index is 11.6. The molecule has 1 fully saturated rings. The number of nitrogens with one attached hydrogen (secondary N) is 2. The van der Waals surface area contributed by atoms with Crippen LogP contribution in [0.3, 0.4) is 0 Å². The van der Waals surface area contributed by atoms with Crippen molar-refractivity contribution in [3.8, 4) is 0 Å². The molecule has 0 saturated carbocycles. The Morgan fingerprint density at radius 2 is 2.05 bits per heavy atom. The van der Waals surface area contributed by atoms with E-state index in [-0.39, 0.29) is 11.6 Å². The molecule has 2 unspecified atom stereocenters. The van der Waals surface area contributed by atoms with Gasteiger partial charge in [-0.2, -0.15) is 0 Å². The van der Waals surface area contributed by atoms with Gasteiger partial charge in [-0.3, -0.25) is 10.1 Å². The number of nitrogens with two attached hydrogens (primary N) is 1. The highest BCUT2D eigenvalue weighted by Crippen LogP contribution is 2.31. The molecular formula is C13H25N3O3. The maximum Gasteiger partial charge on any atom is 0.318 e. The SMILES string of the molecule is CCC1(CC)CC(NC(C)C(=O)NC(N)=O)CCO1. The Kier molecular flexibility index (Phi) is 5.75. The Bertz CT molecular complexity index is 329. The molecule has 6 nitrogen and oxygen atoms in total. The average Bonchev–Trinajstić information content (AvgIpc) is 2.38. The third-order valence-corrected chi connectivity index (χ3v) is 3.91. The van der Waals surface area contributed by atoms with Gasteiger partial charge < -0.3 is 15.8 Å². The van der Waals surface area contributed by atoms with Crippen LogP contribution in [-0.4, -0.2) is 36.2 Å². The van der Waals surface area contributed by atoms with Crippen LogP contribution in [0.5, 0.6) is 0 Å². The molecule has 3 amide bonds. The second-order valence-corrected chi connectivity index (χ2v) is 5.17. The van der Waals surface area contributed by atoms with Crippen molar-refractivity contribution in [2.45, 2.75) is 64.1 Å². The molecule has 0 aromatic heterocycles. The summed E-state index contributed by atoms with van der Waals surface area (Å²) in [5.41, 5.74) is 4.84. The summed E-state index contributed by atoms with van der Waals surface area (Å²) in [6.07, 6.45) is 3.68. The van der Waals surface area contributed by atoms with Crippen molar-refractivity contribution >= 4 is 11.9 Å². The zero-order chi connectivity index (χ0) is 14.5. The van der Waals surface area contributed by atoms with E-state index in [2.05, 4.69) is 24.5 Å². The van der Waals surface area contributed by atoms with Gasteiger partial charge in [0.05, 0.1) is 11.6 Å². The van der Waals surface area contributed by atoms with Gasteiger partial charge in [0.2, 0.25) is 5.91 Å². The topological polar surface area (TPSA) is 93.5 Å². The number of ether oxygens (including phenoxy) is 1. The lowest BCUT2D eigenvalue weighted by Crippen LogP contribution is -2.53. The fraction of sp³-hybridized carbons (Fsp3) is 0.846. The minimum atomic E-state index is -0.818. The fourth-order valence-electron chi connectivity index (χ4n) is 2.57. The highest BCUT2D eigenvalue weighted by atomic mass is 16.5. The van der Waals surface area contributed by atoms with Crippen LogP contribution < -0.4 is 16.4 Å². The van der Waals surface area contributed by atoms with Gasteiger partial charge in [0.15, 0.2) is 0 Å². The fourth-order valence-corrected chi connectivity index (χ4v) is 2.57. The number of carbonyl (C=O) groups excluding carboxylic acids is 2. The third-order valence-electron chi connectivity index (χ3n) is 3.91. The van der Waals surface area contributed by atoms with E-state index in [4.69, 9.17) is 10.5 Å². The van der Waals surface area contributed by atoms with Crippen molar-refractivity contribution in [1.29, 1.82) is 0 Å². The van der Waals surface area contributed by atoms with Gasteiger partial charge in [-0.15, -0.1) is 0 Å². The molecule has 0 radical (unpaired) electrons. The van der Waals surface area contributed by atoms with Crippen LogP contribution >= 0.6 is 0 Å². The molecule has 19 heavy (non-hydrogen) atoms. The Labute approximate surface area is 114 Å². The predicted octanol–water partition coefficient (Wildman–Crippen LogP) is 0.897. The first kappa shape index (κ1) is 15.9. The standard InChI is InChI=1S/C13H25N3O3/c1-4-13(5-2)8-10(6-7-19-13)15-9(3)11(17)16-12(14)18/h9-10,15H,4-8H2,1-3H3,(H3,14,16,17,18). The van der Waals surface area contributed by atoms with E-state index in [1.165, 1.54) is 0 Å².